The highest BCUT2D eigenvalue weighted by Crippen LogP contribution is 2.28. The first-order chi connectivity index (χ1) is 9.38. The van der Waals surface area contributed by atoms with E-state index in [9.17, 15) is 8.78 Å². The van der Waals surface area contributed by atoms with Gasteiger partial charge in [-0.05, 0) is 17.9 Å². The van der Waals surface area contributed by atoms with Crippen molar-refractivity contribution < 1.29 is 8.78 Å². The molecule has 5 heteroatoms. The van der Waals surface area contributed by atoms with Gasteiger partial charge >= 0.3 is 0 Å². The van der Waals surface area contributed by atoms with Gasteiger partial charge in [-0.15, -0.1) is 11.6 Å². The average Bonchev–Trinajstić information content (AvgIpc) is 2.69. The highest BCUT2D eigenvalue weighted by Gasteiger charge is 2.21. The maximum absolute atomic E-state index is 13.8. The Morgan fingerprint density at radius 1 is 1.30 bits per heavy atom. The van der Waals surface area contributed by atoms with Crippen molar-refractivity contribution in [1.29, 1.82) is 0 Å². The molecule has 1 heterocycles. The number of halogens is 3. The molecule has 0 amide bonds. The van der Waals surface area contributed by atoms with Crippen LogP contribution in [0, 0.1) is 17.0 Å². The topological polar surface area (TPSA) is 17.8 Å². The molecular formula is C15H19ClF2N2. The van der Waals surface area contributed by atoms with Crippen LogP contribution in [0.3, 0.4) is 0 Å². The minimum absolute atomic E-state index is 0.0253. The van der Waals surface area contributed by atoms with Crippen molar-refractivity contribution in [2.24, 2.45) is 5.41 Å². The molecule has 2 nitrogen and oxygen atoms in total. The van der Waals surface area contributed by atoms with Crippen LogP contribution < -0.4 is 0 Å². The third kappa shape index (κ3) is 2.95. The number of benzene rings is 1. The van der Waals surface area contributed by atoms with Gasteiger partial charge in [-0.25, -0.2) is 13.8 Å². The fourth-order valence-corrected chi connectivity index (χ4v) is 2.36. The molecule has 1 aromatic carbocycles. The predicted molar refractivity (Wildman–Crippen MR) is 78.1 cm³/mol. The van der Waals surface area contributed by atoms with Crippen LogP contribution in [0.5, 0.6) is 0 Å². The molecule has 110 valence electrons. The second-order valence-electron chi connectivity index (χ2n) is 5.83. The van der Waals surface area contributed by atoms with Gasteiger partial charge in [0, 0.05) is 24.9 Å². The minimum Gasteiger partial charge on any atom is -0.327 e. The van der Waals surface area contributed by atoms with Crippen molar-refractivity contribution in [3.05, 3.63) is 29.6 Å². The molecule has 0 bridgehead atoms. The zero-order valence-electron chi connectivity index (χ0n) is 12.0. The van der Waals surface area contributed by atoms with Gasteiger partial charge in [0.05, 0.1) is 5.52 Å². The lowest BCUT2D eigenvalue weighted by Gasteiger charge is -2.24. The molecule has 0 aliphatic rings. The second-order valence-corrected chi connectivity index (χ2v) is 6.20. The lowest BCUT2D eigenvalue weighted by Crippen LogP contribution is -2.20. The predicted octanol–water partition coefficient (Wildman–Crippen LogP) is 4.53. The molecule has 1 aromatic heterocycles. The van der Waals surface area contributed by atoms with E-state index in [1.165, 1.54) is 6.07 Å². The highest BCUT2D eigenvalue weighted by molar-refractivity contribution is 6.17. The zero-order valence-corrected chi connectivity index (χ0v) is 12.8. The molecule has 0 spiro atoms. The molecule has 0 atom stereocenters. The van der Waals surface area contributed by atoms with E-state index in [0.29, 0.717) is 30.2 Å². The van der Waals surface area contributed by atoms with Crippen LogP contribution in [0.2, 0.25) is 0 Å². The summed E-state index contributed by atoms with van der Waals surface area (Å²) in [6, 6.07) is 2.21. The smallest absolute Gasteiger partial charge is 0.153 e. The number of hydrogen-bond donors (Lipinski definition) is 0. The number of nitrogens with zero attached hydrogens (tertiary/aromatic N) is 2. The zero-order chi connectivity index (χ0) is 14.9. The lowest BCUT2D eigenvalue weighted by molar-refractivity contribution is 0.294. The first-order valence-corrected chi connectivity index (χ1v) is 7.31. The molecule has 0 radical (unpaired) electrons. The molecule has 0 fully saturated rings. The van der Waals surface area contributed by atoms with Crippen molar-refractivity contribution in [3.63, 3.8) is 0 Å². The number of alkyl halides is 1. The Bertz CT molecular complexity index is 620. The normalized spacial score (nSPS) is 12.3. The summed E-state index contributed by atoms with van der Waals surface area (Å²) in [5.41, 5.74) is 0.750. The number of rotatable bonds is 5. The summed E-state index contributed by atoms with van der Waals surface area (Å²) in [4.78, 5) is 4.30. The monoisotopic (exact) mass is 300 g/mol. The second kappa shape index (κ2) is 5.68. The molecule has 0 saturated heterocycles. The van der Waals surface area contributed by atoms with Gasteiger partial charge in [0.25, 0.3) is 0 Å². The molecule has 0 aliphatic heterocycles. The van der Waals surface area contributed by atoms with E-state index in [2.05, 4.69) is 25.8 Å². The van der Waals surface area contributed by atoms with E-state index in [1.54, 1.807) is 0 Å². The maximum Gasteiger partial charge on any atom is 0.153 e. The fraction of sp³-hybridized carbons (Fsp3) is 0.533. The third-order valence-electron chi connectivity index (χ3n) is 3.71. The summed E-state index contributed by atoms with van der Waals surface area (Å²) >= 11 is 5.79. The summed E-state index contributed by atoms with van der Waals surface area (Å²) in [5, 5.41) is 0. The van der Waals surface area contributed by atoms with Crippen LogP contribution in [0.15, 0.2) is 12.1 Å². The number of fused-ring (bicyclic) bond motifs is 1. The van der Waals surface area contributed by atoms with E-state index < -0.39 is 11.6 Å². The van der Waals surface area contributed by atoms with E-state index in [-0.39, 0.29) is 10.9 Å². The molecule has 0 unspecified atom stereocenters. The molecule has 0 saturated carbocycles. The summed E-state index contributed by atoms with van der Waals surface area (Å²) in [5.74, 6) is -0.0900. The van der Waals surface area contributed by atoms with E-state index in [4.69, 9.17) is 11.6 Å². The van der Waals surface area contributed by atoms with Gasteiger partial charge in [-0.1, -0.05) is 20.8 Å². The summed E-state index contributed by atoms with van der Waals surface area (Å²) in [6.07, 6.45) is 1.50. The van der Waals surface area contributed by atoms with Crippen LogP contribution in [0.25, 0.3) is 11.0 Å². The van der Waals surface area contributed by atoms with Crippen LogP contribution in [-0.2, 0) is 13.0 Å². The number of aromatic nitrogens is 2. The Morgan fingerprint density at radius 2 is 2.00 bits per heavy atom. The first kappa shape index (κ1) is 15.2. The van der Waals surface area contributed by atoms with E-state index in [1.807, 2.05) is 4.57 Å². The molecule has 20 heavy (non-hydrogen) atoms. The van der Waals surface area contributed by atoms with Crippen molar-refractivity contribution >= 4 is 22.6 Å². The van der Waals surface area contributed by atoms with Crippen molar-refractivity contribution in [1.82, 2.24) is 9.55 Å². The Kier molecular flexibility index (Phi) is 4.33. The Morgan fingerprint density at radius 3 is 2.60 bits per heavy atom. The minimum atomic E-state index is -0.621. The van der Waals surface area contributed by atoms with Gasteiger partial charge in [-0.3, -0.25) is 0 Å². The summed E-state index contributed by atoms with van der Waals surface area (Å²) < 4.78 is 29.2. The molecule has 2 aromatic rings. The molecule has 0 N–H and O–H groups in total. The summed E-state index contributed by atoms with van der Waals surface area (Å²) in [6.45, 7) is 7.01. The molecule has 2 rings (SSSR count). The SMILES string of the molecule is CCC(C)(C)Cn1c(CCCl)nc2c(F)cc(F)cc21. The first-order valence-electron chi connectivity index (χ1n) is 6.78. The summed E-state index contributed by atoms with van der Waals surface area (Å²) in [7, 11) is 0. The highest BCUT2D eigenvalue weighted by atomic mass is 35.5. The Balaban J connectivity index is 2.61. The van der Waals surface area contributed by atoms with Gasteiger partial charge in [0.1, 0.15) is 17.2 Å². The number of imidazole rings is 1. The van der Waals surface area contributed by atoms with Crippen LogP contribution in [0.4, 0.5) is 8.78 Å². The standard InChI is InChI=1S/C15H19ClF2N2/c1-4-15(2,3)9-20-12-8-10(17)7-11(18)14(12)19-13(20)5-6-16/h7-8H,4-6,9H2,1-3H3. The van der Waals surface area contributed by atoms with Crippen LogP contribution in [-0.4, -0.2) is 15.4 Å². The number of hydrogen-bond acceptors (Lipinski definition) is 1. The van der Waals surface area contributed by atoms with Gasteiger partial charge in [0.2, 0.25) is 0 Å². The van der Waals surface area contributed by atoms with Crippen LogP contribution in [0.1, 0.15) is 33.0 Å². The third-order valence-corrected chi connectivity index (χ3v) is 3.90. The molecular weight excluding hydrogens is 282 g/mol. The largest absolute Gasteiger partial charge is 0.327 e. The fourth-order valence-electron chi connectivity index (χ4n) is 2.19. The van der Waals surface area contributed by atoms with Gasteiger partial charge < -0.3 is 4.57 Å². The van der Waals surface area contributed by atoms with Crippen molar-refractivity contribution in [2.45, 2.75) is 40.2 Å². The van der Waals surface area contributed by atoms with Crippen molar-refractivity contribution in [3.8, 4) is 0 Å². The quantitative estimate of drug-likeness (QED) is 0.742. The van der Waals surface area contributed by atoms with E-state index >= 15 is 0 Å². The average molecular weight is 301 g/mol. The van der Waals surface area contributed by atoms with E-state index in [0.717, 1.165) is 12.5 Å². The lowest BCUT2D eigenvalue weighted by atomic mass is 9.90. The molecule has 0 aliphatic carbocycles. The van der Waals surface area contributed by atoms with Crippen molar-refractivity contribution in [2.75, 3.05) is 5.88 Å². The Hall–Kier alpha value is -1.16. The number of aryl methyl sites for hydroxylation is 1. The van der Waals surface area contributed by atoms with Gasteiger partial charge in [-0.2, -0.15) is 0 Å². The van der Waals surface area contributed by atoms with Crippen LogP contribution >= 0.6 is 11.6 Å². The Labute approximate surface area is 122 Å². The maximum atomic E-state index is 13.8. The van der Waals surface area contributed by atoms with Gasteiger partial charge in [0.15, 0.2) is 5.82 Å².